The molecule has 3 nitrogen and oxygen atoms in total. The maximum atomic E-state index is 10.6. The minimum absolute atomic E-state index is 0.532. The number of halogens is 4. The van der Waals surface area contributed by atoms with Crippen molar-refractivity contribution in [3.05, 3.63) is 0 Å². The number of hydrogen-bond donors (Lipinski definition) is 3. The molecule has 0 rings (SSSR count). The summed E-state index contributed by atoms with van der Waals surface area (Å²) in [6.45, 7) is 8.14. The van der Waals surface area contributed by atoms with E-state index in [-0.39, 0.29) is 0 Å². The Morgan fingerprint density at radius 2 is 0.833 bits per heavy atom. The molecule has 0 aromatic heterocycles. The van der Waals surface area contributed by atoms with Crippen LogP contribution in [0.3, 0.4) is 0 Å². The van der Waals surface area contributed by atoms with Gasteiger partial charge in [0.05, 0.1) is 6.16 Å². The fourth-order valence-corrected chi connectivity index (χ4v) is 8.83. The van der Waals surface area contributed by atoms with Crippen molar-refractivity contribution in [3.63, 3.8) is 0 Å². The highest BCUT2D eigenvalue weighted by molar-refractivity contribution is 7.77. The van der Waals surface area contributed by atoms with Crippen molar-refractivity contribution < 1.29 is 32.6 Å². The van der Waals surface area contributed by atoms with Crippen LogP contribution in [-0.2, 0) is 0 Å². The Balaban J connectivity index is 0. The first kappa shape index (κ1) is 32.3. The molecular formula is C21H46BF4O3P. The molecule has 0 aliphatic rings. The quantitative estimate of drug-likeness (QED) is 0.0909. The van der Waals surface area contributed by atoms with Gasteiger partial charge in [-0.15, -0.1) is 0 Å². The Labute approximate surface area is 182 Å². The molecular weight excluding hydrogens is 418 g/mol. The third kappa shape index (κ3) is 15.0. The van der Waals surface area contributed by atoms with Crippen molar-refractivity contribution in [3.8, 4) is 0 Å². The zero-order valence-electron chi connectivity index (χ0n) is 19.5. The molecule has 3 N–H and O–H groups in total. The van der Waals surface area contributed by atoms with Gasteiger partial charge in [-0.05, 0) is 12.8 Å². The smallest absolute Gasteiger partial charge is 0.418 e. The molecule has 0 amide bonds. The second-order valence-corrected chi connectivity index (χ2v) is 12.3. The summed E-state index contributed by atoms with van der Waals surface area (Å²) in [5.41, 5.74) is 0. The van der Waals surface area contributed by atoms with Crippen LogP contribution in [0.4, 0.5) is 17.3 Å². The van der Waals surface area contributed by atoms with E-state index in [1.165, 1.54) is 51.4 Å². The molecule has 0 saturated heterocycles. The molecule has 0 spiro atoms. The molecule has 3 unspecified atom stereocenters. The third-order valence-corrected chi connectivity index (χ3v) is 11.2. The predicted molar refractivity (Wildman–Crippen MR) is 123 cm³/mol. The second kappa shape index (κ2) is 18.6. The van der Waals surface area contributed by atoms with Crippen molar-refractivity contribution in [1.82, 2.24) is 0 Å². The van der Waals surface area contributed by atoms with Crippen molar-refractivity contribution in [2.75, 3.05) is 6.16 Å². The lowest BCUT2D eigenvalue weighted by molar-refractivity contribution is 0.178. The molecule has 3 atom stereocenters. The SMILES string of the molecule is CCCCCCCCCCCC[P+](C(O)CC)(C(O)CC)C(O)CC.F[B-](F)(F)F. The highest BCUT2D eigenvalue weighted by Crippen LogP contribution is 2.71. The molecule has 30 heavy (non-hydrogen) atoms. The van der Waals surface area contributed by atoms with Gasteiger partial charge in [0, 0.05) is 19.3 Å². The van der Waals surface area contributed by atoms with Crippen LogP contribution in [0, 0.1) is 0 Å². The van der Waals surface area contributed by atoms with E-state index >= 15 is 0 Å². The third-order valence-electron chi connectivity index (χ3n) is 5.66. The standard InChI is InChI=1S/C21H46O3P.BF4/c1-5-9-10-11-12-13-14-15-16-17-18-25(19(22)6-2,20(23)7-3)21(24)8-4;2-1(3,4)5/h19-24H,5-18H2,1-4H3;/q+1;-1. The average molecular weight is 464 g/mol. The second-order valence-electron chi connectivity index (χ2n) is 8.06. The summed E-state index contributed by atoms with van der Waals surface area (Å²) in [5.74, 6) is -1.59. The van der Waals surface area contributed by atoms with Crippen molar-refractivity contribution in [2.24, 2.45) is 0 Å². The summed E-state index contributed by atoms with van der Waals surface area (Å²) < 4.78 is 39.0. The van der Waals surface area contributed by atoms with Crippen LogP contribution in [0.1, 0.15) is 111 Å². The van der Waals surface area contributed by atoms with Crippen molar-refractivity contribution in [2.45, 2.75) is 129 Å². The molecule has 0 heterocycles. The Morgan fingerprint density at radius 3 is 1.10 bits per heavy atom. The van der Waals surface area contributed by atoms with E-state index < -0.39 is 32.1 Å². The summed E-state index contributed by atoms with van der Waals surface area (Å²) in [6, 6.07) is 0. The lowest BCUT2D eigenvalue weighted by Gasteiger charge is -2.38. The largest absolute Gasteiger partial charge is 0.673 e. The first-order chi connectivity index (χ1) is 14.0. The van der Waals surface area contributed by atoms with E-state index in [1.54, 1.807) is 0 Å². The van der Waals surface area contributed by atoms with E-state index in [0.717, 1.165) is 19.0 Å². The van der Waals surface area contributed by atoms with Gasteiger partial charge >= 0.3 is 7.25 Å². The lowest BCUT2D eigenvalue weighted by atomic mass is 10.1. The van der Waals surface area contributed by atoms with Crippen LogP contribution in [0.2, 0.25) is 0 Å². The van der Waals surface area contributed by atoms with Gasteiger partial charge < -0.3 is 32.6 Å². The topological polar surface area (TPSA) is 60.7 Å². The van der Waals surface area contributed by atoms with E-state index in [1.807, 2.05) is 20.8 Å². The zero-order chi connectivity index (χ0) is 23.6. The van der Waals surface area contributed by atoms with Gasteiger partial charge in [0.15, 0.2) is 17.5 Å². The van der Waals surface area contributed by atoms with E-state index in [2.05, 4.69) is 6.92 Å². The molecule has 0 aliphatic carbocycles. The van der Waals surface area contributed by atoms with Crippen LogP contribution in [0.25, 0.3) is 0 Å². The van der Waals surface area contributed by atoms with Gasteiger partial charge in [-0.3, -0.25) is 0 Å². The normalized spacial score (nSPS) is 16.9. The number of aliphatic hydroxyl groups is 3. The molecule has 9 heteroatoms. The molecule has 184 valence electrons. The predicted octanol–water partition coefficient (Wildman–Crippen LogP) is 7.41. The first-order valence-corrected chi connectivity index (χ1v) is 14.0. The lowest BCUT2D eigenvalue weighted by Crippen LogP contribution is -2.34. The number of unbranched alkanes of at least 4 members (excludes halogenated alkanes) is 9. The van der Waals surface area contributed by atoms with E-state index in [9.17, 15) is 32.6 Å². The summed E-state index contributed by atoms with van der Waals surface area (Å²) in [6.07, 6.45) is 15.5. The Kier molecular flexibility index (Phi) is 20.1. The molecule has 0 fully saturated rings. The molecule has 0 bridgehead atoms. The summed E-state index contributed by atoms with van der Waals surface area (Å²) in [7, 11) is -8.18. The number of aliphatic hydroxyl groups excluding tert-OH is 3. The minimum Gasteiger partial charge on any atom is -0.418 e. The maximum absolute atomic E-state index is 10.6. The van der Waals surface area contributed by atoms with Crippen LogP contribution in [-0.4, -0.2) is 46.3 Å². The maximum Gasteiger partial charge on any atom is 0.673 e. The van der Waals surface area contributed by atoms with Crippen molar-refractivity contribution >= 4 is 14.5 Å². The minimum atomic E-state index is -6.00. The highest BCUT2D eigenvalue weighted by atomic mass is 31.2. The Hall–Kier alpha value is 0.0949. The van der Waals surface area contributed by atoms with Gasteiger partial charge in [-0.1, -0.05) is 79.1 Å². The fraction of sp³-hybridized carbons (Fsp3) is 1.00. The summed E-state index contributed by atoms with van der Waals surface area (Å²) >= 11 is 0. The van der Waals surface area contributed by atoms with Crippen LogP contribution < -0.4 is 0 Å². The molecule has 0 radical (unpaired) electrons. The highest BCUT2D eigenvalue weighted by Gasteiger charge is 2.54. The number of rotatable bonds is 17. The van der Waals surface area contributed by atoms with E-state index in [0.29, 0.717) is 19.3 Å². The first-order valence-electron chi connectivity index (χ1n) is 11.8. The van der Waals surface area contributed by atoms with Crippen LogP contribution in [0.5, 0.6) is 0 Å². The average Bonchev–Trinajstić information content (AvgIpc) is 2.69. The van der Waals surface area contributed by atoms with Crippen LogP contribution >= 0.6 is 7.26 Å². The summed E-state index contributed by atoms with van der Waals surface area (Å²) in [4.78, 5) is 0. The van der Waals surface area contributed by atoms with Crippen LogP contribution in [0.15, 0.2) is 0 Å². The van der Waals surface area contributed by atoms with Gasteiger partial charge in [-0.25, -0.2) is 0 Å². The van der Waals surface area contributed by atoms with Gasteiger partial charge in [0.2, 0.25) is 0 Å². The Morgan fingerprint density at radius 1 is 0.567 bits per heavy atom. The monoisotopic (exact) mass is 464 g/mol. The summed E-state index contributed by atoms with van der Waals surface area (Å²) in [5, 5.41) is 31.9. The Bertz CT molecular complexity index is 357. The van der Waals surface area contributed by atoms with Gasteiger partial charge in [-0.2, -0.15) is 0 Å². The molecule has 0 aromatic rings. The van der Waals surface area contributed by atoms with Crippen molar-refractivity contribution in [1.29, 1.82) is 0 Å². The molecule has 0 saturated carbocycles. The fourth-order valence-electron chi connectivity index (χ4n) is 3.94. The molecule has 0 aliphatic heterocycles. The number of hydrogen-bond acceptors (Lipinski definition) is 3. The molecule has 0 aromatic carbocycles. The van der Waals surface area contributed by atoms with E-state index in [4.69, 9.17) is 0 Å². The van der Waals surface area contributed by atoms with Gasteiger partial charge in [0.1, 0.15) is 7.26 Å². The zero-order valence-corrected chi connectivity index (χ0v) is 20.4. The van der Waals surface area contributed by atoms with Gasteiger partial charge in [0.25, 0.3) is 0 Å².